The van der Waals surface area contributed by atoms with Crippen molar-refractivity contribution in [3.8, 4) is 0 Å². The van der Waals surface area contributed by atoms with E-state index in [1.807, 2.05) is 30.3 Å². The lowest BCUT2D eigenvalue weighted by atomic mass is 10.3. The van der Waals surface area contributed by atoms with Gasteiger partial charge in [-0.3, -0.25) is 0 Å². The van der Waals surface area contributed by atoms with Gasteiger partial charge in [0.25, 0.3) is 0 Å². The summed E-state index contributed by atoms with van der Waals surface area (Å²) in [7, 11) is 0. The predicted molar refractivity (Wildman–Crippen MR) is 79.8 cm³/mol. The molecule has 0 fully saturated rings. The van der Waals surface area contributed by atoms with Gasteiger partial charge in [0.05, 0.1) is 0 Å². The Bertz CT molecular complexity index is 544. The summed E-state index contributed by atoms with van der Waals surface area (Å²) in [4.78, 5) is 8.38. The van der Waals surface area contributed by atoms with E-state index >= 15 is 0 Å². The molecule has 0 radical (unpaired) electrons. The smallest absolute Gasteiger partial charge is 0.172 e. The number of rotatable bonds is 2. The number of hydrogen-bond acceptors (Lipinski definition) is 5. The van der Waals surface area contributed by atoms with Crippen molar-refractivity contribution in [2.24, 2.45) is 15.7 Å². The first kappa shape index (κ1) is 12.7. The van der Waals surface area contributed by atoms with E-state index in [1.54, 1.807) is 0 Å². The maximum Gasteiger partial charge on any atom is 0.172 e. The van der Waals surface area contributed by atoms with Gasteiger partial charge in [-0.1, -0.05) is 36.4 Å². The van der Waals surface area contributed by atoms with E-state index in [-0.39, 0.29) is 5.16 Å². The third kappa shape index (κ3) is 2.94. The zero-order valence-electron chi connectivity index (χ0n) is 9.43. The van der Waals surface area contributed by atoms with Crippen molar-refractivity contribution in [2.45, 2.75) is 0 Å². The number of anilines is 1. The fourth-order valence-electron chi connectivity index (χ4n) is 1.34. The molecule has 1 aliphatic heterocycles. The molecule has 0 saturated heterocycles. The normalized spacial score (nSPS) is 19.6. The van der Waals surface area contributed by atoms with Crippen LogP contribution in [0.5, 0.6) is 0 Å². The lowest BCUT2D eigenvalue weighted by molar-refractivity contribution is 1.37. The summed E-state index contributed by atoms with van der Waals surface area (Å²) >= 11 is 7.14. The van der Waals surface area contributed by atoms with Gasteiger partial charge in [-0.15, -0.1) is 0 Å². The SMILES string of the molecule is C=C/N=C1/SC(Nc2ccccc2)=N/C1=C(/N)Cl. The molecule has 0 bridgehead atoms. The molecule has 1 aromatic rings. The van der Waals surface area contributed by atoms with Gasteiger partial charge in [0.2, 0.25) is 0 Å². The van der Waals surface area contributed by atoms with Crippen LogP contribution in [0.4, 0.5) is 5.69 Å². The minimum Gasteiger partial charge on any atom is -0.388 e. The van der Waals surface area contributed by atoms with Crippen molar-refractivity contribution in [1.29, 1.82) is 0 Å². The van der Waals surface area contributed by atoms with Crippen LogP contribution >= 0.6 is 23.4 Å². The Morgan fingerprint density at radius 1 is 1.44 bits per heavy atom. The van der Waals surface area contributed by atoms with Crippen molar-refractivity contribution in [3.05, 3.63) is 54.0 Å². The predicted octanol–water partition coefficient (Wildman–Crippen LogP) is 3.11. The Morgan fingerprint density at radius 3 is 2.78 bits per heavy atom. The van der Waals surface area contributed by atoms with Crippen LogP contribution in [0.2, 0.25) is 0 Å². The van der Waals surface area contributed by atoms with Crippen molar-refractivity contribution in [2.75, 3.05) is 5.32 Å². The second kappa shape index (κ2) is 5.75. The molecule has 18 heavy (non-hydrogen) atoms. The quantitative estimate of drug-likeness (QED) is 0.817. The van der Waals surface area contributed by atoms with Crippen LogP contribution in [0.25, 0.3) is 0 Å². The third-order valence-electron chi connectivity index (χ3n) is 2.07. The van der Waals surface area contributed by atoms with Gasteiger partial charge < -0.3 is 11.1 Å². The van der Waals surface area contributed by atoms with Crippen LogP contribution < -0.4 is 11.1 Å². The summed E-state index contributed by atoms with van der Waals surface area (Å²) < 4.78 is 0. The van der Waals surface area contributed by atoms with E-state index in [0.29, 0.717) is 15.9 Å². The summed E-state index contributed by atoms with van der Waals surface area (Å²) in [6, 6.07) is 9.71. The summed E-state index contributed by atoms with van der Waals surface area (Å²) in [6.45, 7) is 3.55. The highest BCUT2D eigenvalue weighted by molar-refractivity contribution is 8.27. The monoisotopic (exact) mass is 278 g/mol. The molecule has 3 N–H and O–H groups in total. The topological polar surface area (TPSA) is 62.8 Å². The van der Waals surface area contributed by atoms with Crippen LogP contribution in [0.1, 0.15) is 0 Å². The molecule has 2 rings (SSSR count). The molecule has 0 unspecified atom stereocenters. The van der Waals surface area contributed by atoms with Gasteiger partial charge >= 0.3 is 0 Å². The summed E-state index contributed by atoms with van der Waals surface area (Å²) in [5.74, 6) is 0. The van der Waals surface area contributed by atoms with Crippen LogP contribution in [-0.4, -0.2) is 10.2 Å². The molecule has 0 atom stereocenters. The Hall–Kier alpha value is -1.72. The number of para-hydroxylation sites is 1. The molecule has 1 aromatic carbocycles. The third-order valence-corrected chi connectivity index (χ3v) is 3.13. The van der Waals surface area contributed by atoms with Gasteiger partial charge in [-0.05, 0) is 23.9 Å². The number of nitrogens with one attached hydrogen (secondary N) is 1. The van der Waals surface area contributed by atoms with Crippen molar-refractivity contribution >= 4 is 39.3 Å². The molecule has 4 nitrogen and oxygen atoms in total. The Kier molecular flexibility index (Phi) is 4.07. The van der Waals surface area contributed by atoms with E-state index in [2.05, 4.69) is 21.9 Å². The van der Waals surface area contributed by atoms with Gasteiger partial charge in [0.1, 0.15) is 15.9 Å². The van der Waals surface area contributed by atoms with E-state index in [4.69, 9.17) is 17.3 Å². The molecule has 0 aliphatic carbocycles. The lowest BCUT2D eigenvalue weighted by Crippen LogP contribution is -2.04. The van der Waals surface area contributed by atoms with E-state index in [1.165, 1.54) is 18.0 Å². The summed E-state index contributed by atoms with van der Waals surface area (Å²) in [6.07, 6.45) is 1.43. The average Bonchev–Trinajstić information content (AvgIpc) is 2.74. The molecule has 0 saturated carbocycles. The van der Waals surface area contributed by atoms with Crippen molar-refractivity contribution in [1.82, 2.24) is 0 Å². The zero-order chi connectivity index (χ0) is 13.0. The maximum absolute atomic E-state index is 5.78. The second-order valence-electron chi connectivity index (χ2n) is 3.32. The molecule has 6 heteroatoms. The fraction of sp³-hybridized carbons (Fsp3) is 0. The second-order valence-corrected chi connectivity index (χ2v) is 4.71. The number of nitrogens with two attached hydrogens (primary N) is 1. The molecule has 0 aromatic heterocycles. The Balaban J connectivity index is 2.22. The van der Waals surface area contributed by atoms with Crippen LogP contribution in [0.15, 0.2) is 63.9 Å². The molecule has 1 aliphatic rings. The molecular weight excluding hydrogens is 268 g/mol. The largest absolute Gasteiger partial charge is 0.388 e. The van der Waals surface area contributed by atoms with E-state index in [0.717, 1.165) is 5.69 Å². The van der Waals surface area contributed by atoms with Gasteiger partial charge in [-0.25, -0.2) is 9.98 Å². The van der Waals surface area contributed by atoms with Crippen molar-refractivity contribution in [3.63, 3.8) is 0 Å². The first-order valence-electron chi connectivity index (χ1n) is 5.13. The first-order chi connectivity index (χ1) is 8.70. The highest BCUT2D eigenvalue weighted by atomic mass is 35.5. The summed E-state index contributed by atoms with van der Waals surface area (Å²) in [5, 5.41) is 4.60. The highest BCUT2D eigenvalue weighted by Crippen LogP contribution is 2.28. The minimum atomic E-state index is 0.118. The van der Waals surface area contributed by atoms with Gasteiger partial charge in [-0.2, -0.15) is 0 Å². The Morgan fingerprint density at radius 2 is 2.17 bits per heavy atom. The standard InChI is InChI=1S/C12H11ClN4S/c1-2-15-11-9(10(13)14)17-12(18-11)16-8-6-4-3-5-7-8/h2-7H,1,14H2,(H,16,17)/b10-9+,15-11+. The lowest BCUT2D eigenvalue weighted by Gasteiger charge is -2.02. The van der Waals surface area contributed by atoms with Crippen LogP contribution in [0, 0.1) is 0 Å². The van der Waals surface area contributed by atoms with E-state index in [9.17, 15) is 0 Å². The number of benzene rings is 1. The average molecular weight is 279 g/mol. The van der Waals surface area contributed by atoms with Gasteiger partial charge in [0, 0.05) is 11.9 Å². The number of aliphatic imine (C=N–C) groups is 2. The number of nitrogens with zero attached hydrogens (tertiary/aromatic N) is 2. The fourth-order valence-corrected chi connectivity index (χ4v) is 2.39. The number of thioether (sulfide) groups is 1. The molecular formula is C12H11ClN4S. The first-order valence-corrected chi connectivity index (χ1v) is 6.33. The Labute approximate surface area is 114 Å². The molecule has 92 valence electrons. The van der Waals surface area contributed by atoms with Crippen LogP contribution in [-0.2, 0) is 0 Å². The number of hydrogen-bond donors (Lipinski definition) is 2. The van der Waals surface area contributed by atoms with Crippen molar-refractivity contribution < 1.29 is 0 Å². The number of amidine groups is 1. The van der Waals surface area contributed by atoms with E-state index < -0.39 is 0 Å². The maximum atomic E-state index is 5.78. The highest BCUT2D eigenvalue weighted by Gasteiger charge is 2.22. The van der Waals surface area contributed by atoms with Crippen LogP contribution in [0.3, 0.4) is 0 Å². The molecule has 1 heterocycles. The molecule has 0 amide bonds. The van der Waals surface area contributed by atoms with Gasteiger partial charge in [0.15, 0.2) is 5.17 Å². The zero-order valence-corrected chi connectivity index (χ0v) is 11.0. The molecule has 0 spiro atoms. The minimum absolute atomic E-state index is 0.118. The summed E-state index contributed by atoms with van der Waals surface area (Å²) in [5.41, 5.74) is 6.97. The number of halogens is 1.